The van der Waals surface area contributed by atoms with E-state index in [-0.39, 0.29) is 5.56 Å². The van der Waals surface area contributed by atoms with Gasteiger partial charge in [-0.25, -0.2) is 8.97 Å². The van der Waals surface area contributed by atoms with E-state index in [1.165, 1.54) is 10.4 Å². The Hall–Kier alpha value is -2.12. The second-order valence-electron chi connectivity index (χ2n) is 6.83. The van der Waals surface area contributed by atoms with Gasteiger partial charge in [0.1, 0.15) is 4.83 Å². The zero-order valence-corrected chi connectivity index (χ0v) is 16.2. The lowest BCUT2D eigenvalue weighted by Gasteiger charge is -2.17. The van der Waals surface area contributed by atoms with Crippen LogP contribution in [0.25, 0.3) is 21.7 Å². The van der Waals surface area contributed by atoms with Crippen LogP contribution in [0.15, 0.2) is 40.3 Å². The lowest BCUT2D eigenvalue weighted by Crippen LogP contribution is -2.22. The van der Waals surface area contributed by atoms with Gasteiger partial charge in [0.15, 0.2) is 5.16 Å². The molecule has 0 N–H and O–H groups in total. The largest absolute Gasteiger partial charge is 0.268 e. The summed E-state index contributed by atoms with van der Waals surface area (Å²) in [6.07, 6.45) is 5.16. The molecule has 1 aliphatic rings. The number of aromatic nitrogens is 4. The third-order valence-corrected chi connectivity index (χ3v) is 7.00. The molecule has 0 unspecified atom stereocenters. The van der Waals surface area contributed by atoms with Crippen molar-refractivity contribution in [3.05, 3.63) is 51.1 Å². The molecular formula is C19H18N4OS2. The monoisotopic (exact) mass is 382 g/mol. The Bertz CT molecular complexity index is 1190. The van der Waals surface area contributed by atoms with Gasteiger partial charge in [-0.2, -0.15) is 0 Å². The zero-order chi connectivity index (χ0) is 17.8. The van der Waals surface area contributed by atoms with Crippen molar-refractivity contribution in [2.45, 2.75) is 31.3 Å². The molecule has 0 saturated heterocycles. The van der Waals surface area contributed by atoms with E-state index in [2.05, 4.69) is 21.5 Å². The van der Waals surface area contributed by atoms with Crippen molar-refractivity contribution < 1.29 is 0 Å². The number of hydrogen-bond donors (Lipinski definition) is 0. The molecule has 7 heteroatoms. The van der Waals surface area contributed by atoms with Crippen molar-refractivity contribution in [2.24, 2.45) is 5.92 Å². The summed E-state index contributed by atoms with van der Waals surface area (Å²) in [7, 11) is 0. The molecule has 132 valence electrons. The maximum atomic E-state index is 13.5. The predicted molar refractivity (Wildman–Crippen MR) is 107 cm³/mol. The normalized spacial score (nSPS) is 17.1. The molecule has 0 aliphatic heterocycles. The number of benzene rings is 1. The second kappa shape index (κ2) is 5.96. The summed E-state index contributed by atoms with van der Waals surface area (Å²) >= 11 is 3.30. The fraction of sp³-hybridized carbons (Fsp3) is 0.316. The van der Waals surface area contributed by atoms with Crippen LogP contribution in [0.3, 0.4) is 0 Å². The molecule has 0 saturated carbocycles. The van der Waals surface area contributed by atoms with Crippen LogP contribution in [0.2, 0.25) is 0 Å². The highest BCUT2D eigenvalue weighted by atomic mass is 32.2. The zero-order valence-electron chi connectivity index (χ0n) is 14.6. The number of rotatable bonds is 2. The molecule has 5 rings (SSSR count). The second-order valence-corrected chi connectivity index (χ2v) is 8.69. The minimum absolute atomic E-state index is 0.0193. The first-order valence-electron chi connectivity index (χ1n) is 8.73. The molecule has 1 aliphatic carbocycles. The topological polar surface area (TPSA) is 52.2 Å². The van der Waals surface area contributed by atoms with Gasteiger partial charge in [-0.05, 0) is 49.1 Å². The Morgan fingerprint density at radius 2 is 2.04 bits per heavy atom. The van der Waals surface area contributed by atoms with Crippen LogP contribution >= 0.6 is 23.1 Å². The molecule has 1 atom stereocenters. The standard InChI is InChI=1S/C19H18N4OS2/c1-11-8-9-13-14(10-11)26-17-15(13)16(24)22(12-6-4-3-5-7-12)18-20-21-19(25-2)23(17)18/h3-7,11H,8-10H2,1-2H3/t11-/m0/s1. The van der Waals surface area contributed by atoms with E-state index in [0.29, 0.717) is 11.7 Å². The fourth-order valence-electron chi connectivity index (χ4n) is 3.84. The highest BCUT2D eigenvalue weighted by Crippen LogP contribution is 2.37. The SMILES string of the molecule is CSc1nnc2n(-c3ccccc3)c(=O)c3c4c(sc3n12)C[C@@H](C)CC4. The van der Waals surface area contributed by atoms with Gasteiger partial charge in [-0.15, -0.1) is 21.5 Å². The van der Waals surface area contributed by atoms with Crippen LogP contribution in [-0.4, -0.2) is 25.4 Å². The minimum atomic E-state index is 0.0193. The number of thioether (sulfide) groups is 1. The van der Waals surface area contributed by atoms with E-state index in [0.717, 1.165) is 40.3 Å². The molecule has 0 fully saturated rings. The van der Waals surface area contributed by atoms with Crippen molar-refractivity contribution in [1.82, 2.24) is 19.2 Å². The van der Waals surface area contributed by atoms with Gasteiger partial charge in [0.05, 0.1) is 11.1 Å². The van der Waals surface area contributed by atoms with Crippen molar-refractivity contribution >= 4 is 39.1 Å². The average Bonchev–Trinajstić information content (AvgIpc) is 3.23. The van der Waals surface area contributed by atoms with E-state index >= 15 is 0 Å². The third kappa shape index (κ3) is 2.20. The van der Waals surface area contributed by atoms with E-state index in [1.54, 1.807) is 27.7 Å². The summed E-state index contributed by atoms with van der Waals surface area (Å²) in [5, 5.41) is 10.4. The van der Waals surface area contributed by atoms with Crippen LogP contribution in [0, 0.1) is 5.92 Å². The highest BCUT2D eigenvalue weighted by Gasteiger charge is 2.26. The first kappa shape index (κ1) is 16.1. The van der Waals surface area contributed by atoms with Gasteiger partial charge in [-0.1, -0.05) is 36.9 Å². The van der Waals surface area contributed by atoms with Gasteiger partial charge in [0, 0.05) is 4.88 Å². The molecule has 26 heavy (non-hydrogen) atoms. The van der Waals surface area contributed by atoms with Crippen molar-refractivity contribution in [3.63, 3.8) is 0 Å². The number of nitrogens with zero attached hydrogens (tertiary/aromatic N) is 4. The molecule has 0 spiro atoms. The van der Waals surface area contributed by atoms with Crippen molar-refractivity contribution in [3.8, 4) is 5.69 Å². The summed E-state index contributed by atoms with van der Waals surface area (Å²) in [5.74, 6) is 1.26. The van der Waals surface area contributed by atoms with E-state index in [4.69, 9.17) is 0 Å². The van der Waals surface area contributed by atoms with Gasteiger partial charge >= 0.3 is 0 Å². The minimum Gasteiger partial charge on any atom is -0.268 e. The highest BCUT2D eigenvalue weighted by molar-refractivity contribution is 7.98. The van der Waals surface area contributed by atoms with Gasteiger partial charge in [0.25, 0.3) is 5.56 Å². The number of para-hydroxylation sites is 1. The van der Waals surface area contributed by atoms with E-state index < -0.39 is 0 Å². The summed E-state index contributed by atoms with van der Waals surface area (Å²) < 4.78 is 3.77. The molecular weight excluding hydrogens is 364 g/mol. The van der Waals surface area contributed by atoms with Crippen LogP contribution in [0.4, 0.5) is 0 Å². The maximum absolute atomic E-state index is 13.5. The molecule has 0 amide bonds. The molecule has 0 bridgehead atoms. The maximum Gasteiger partial charge on any atom is 0.268 e. The van der Waals surface area contributed by atoms with Crippen LogP contribution in [0.1, 0.15) is 23.8 Å². The first-order chi connectivity index (χ1) is 12.7. The molecule has 3 aromatic heterocycles. The third-order valence-electron chi connectivity index (χ3n) is 5.13. The summed E-state index contributed by atoms with van der Waals surface area (Å²) in [6.45, 7) is 2.29. The molecule has 1 aromatic carbocycles. The fourth-order valence-corrected chi connectivity index (χ4v) is 5.88. The number of aryl methyl sites for hydroxylation is 1. The Morgan fingerprint density at radius 1 is 1.23 bits per heavy atom. The Labute approximate surface area is 158 Å². The number of thiophene rings is 1. The Balaban J connectivity index is 1.98. The predicted octanol–water partition coefficient (Wildman–Crippen LogP) is 3.94. The van der Waals surface area contributed by atoms with Crippen LogP contribution < -0.4 is 5.56 Å². The van der Waals surface area contributed by atoms with Crippen molar-refractivity contribution in [2.75, 3.05) is 6.26 Å². The summed E-state index contributed by atoms with van der Waals surface area (Å²) in [4.78, 5) is 15.9. The van der Waals surface area contributed by atoms with Gasteiger partial charge in [0.2, 0.25) is 5.78 Å². The first-order valence-corrected chi connectivity index (χ1v) is 10.8. The van der Waals surface area contributed by atoms with Crippen molar-refractivity contribution in [1.29, 1.82) is 0 Å². The van der Waals surface area contributed by atoms with Gasteiger partial charge < -0.3 is 0 Å². The summed E-state index contributed by atoms with van der Waals surface area (Å²) in [6, 6.07) is 9.73. The van der Waals surface area contributed by atoms with E-state index in [1.807, 2.05) is 36.6 Å². The Morgan fingerprint density at radius 3 is 2.81 bits per heavy atom. The van der Waals surface area contributed by atoms with Crippen LogP contribution in [0.5, 0.6) is 0 Å². The molecule has 4 aromatic rings. The van der Waals surface area contributed by atoms with E-state index in [9.17, 15) is 4.79 Å². The molecule has 0 radical (unpaired) electrons. The molecule has 3 heterocycles. The van der Waals surface area contributed by atoms with Gasteiger partial charge in [-0.3, -0.25) is 4.79 Å². The Kier molecular flexibility index (Phi) is 3.68. The smallest absolute Gasteiger partial charge is 0.268 e. The summed E-state index contributed by atoms with van der Waals surface area (Å²) in [5.41, 5.74) is 2.08. The average molecular weight is 383 g/mol. The quantitative estimate of drug-likeness (QED) is 0.493. The number of hydrogen-bond acceptors (Lipinski definition) is 5. The van der Waals surface area contributed by atoms with Crippen LogP contribution in [-0.2, 0) is 12.8 Å². The lowest BCUT2D eigenvalue weighted by molar-refractivity contribution is 0.509. The lowest BCUT2D eigenvalue weighted by atomic mass is 9.89. The number of fused-ring (bicyclic) bond motifs is 5. The molecule has 5 nitrogen and oxygen atoms in total.